The number of aromatic amines is 1. The van der Waals surface area contributed by atoms with E-state index in [1.807, 2.05) is 54.7 Å². The third-order valence-electron chi connectivity index (χ3n) is 4.97. The Hall–Kier alpha value is -4.07. The second kappa shape index (κ2) is 9.82. The van der Waals surface area contributed by atoms with Gasteiger partial charge in [0.2, 0.25) is 5.91 Å². The maximum absolute atomic E-state index is 11.4. The molecule has 1 amide bonds. The molecule has 0 radical (unpaired) electrons. The van der Waals surface area contributed by atoms with Gasteiger partial charge in [0, 0.05) is 38.0 Å². The summed E-state index contributed by atoms with van der Waals surface area (Å²) in [6, 6.07) is 17.6. The van der Waals surface area contributed by atoms with Crippen LogP contribution in [0.15, 0.2) is 67.1 Å². The average molecular weight is 431 g/mol. The van der Waals surface area contributed by atoms with E-state index in [1.54, 1.807) is 7.11 Å². The van der Waals surface area contributed by atoms with E-state index in [2.05, 4.69) is 31.2 Å². The van der Waals surface area contributed by atoms with Crippen LogP contribution in [0.2, 0.25) is 0 Å². The van der Waals surface area contributed by atoms with Gasteiger partial charge in [0.05, 0.1) is 12.5 Å². The summed E-state index contributed by atoms with van der Waals surface area (Å²) in [6.45, 7) is 2.95. The molecule has 2 aromatic carbocycles. The van der Waals surface area contributed by atoms with E-state index in [9.17, 15) is 4.79 Å². The summed E-state index contributed by atoms with van der Waals surface area (Å²) in [7, 11) is 1.63. The highest BCUT2D eigenvalue weighted by Gasteiger charge is 2.16. The van der Waals surface area contributed by atoms with Gasteiger partial charge in [-0.1, -0.05) is 18.2 Å². The Labute approximate surface area is 186 Å². The number of nitrogens with one attached hydrogen (secondary N) is 2. The molecule has 0 atom stereocenters. The number of H-pyrrole nitrogens is 1. The van der Waals surface area contributed by atoms with Crippen molar-refractivity contribution in [2.24, 2.45) is 0 Å². The molecule has 0 aliphatic carbocycles. The number of hydrogen-bond acceptors (Lipinski definition) is 6. The van der Waals surface area contributed by atoms with Gasteiger partial charge in [-0.05, 0) is 35.9 Å². The highest BCUT2D eigenvalue weighted by molar-refractivity contribution is 5.89. The lowest BCUT2D eigenvalue weighted by Crippen LogP contribution is -2.32. The molecule has 4 rings (SSSR count). The molecule has 2 N–H and O–H groups in total. The first-order valence-electron chi connectivity index (χ1n) is 10.3. The minimum atomic E-state index is -0.0696. The lowest BCUT2D eigenvalue weighted by molar-refractivity contribution is -0.118. The zero-order valence-corrected chi connectivity index (χ0v) is 18.0. The van der Waals surface area contributed by atoms with E-state index in [4.69, 9.17) is 9.47 Å². The largest absolute Gasteiger partial charge is 0.497 e. The molecular formula is C24H25N5O3. The summed E-state index contributed by atoms with van der Waals surface area (Å²) in [4.78, 5) is 25.4. The molecule has 8 nitrogen and oxygen atoms in total. The zero-order valence-electron chi connectivity index (χ0n) is 18.0. The highest BCUT2D eigenvalue weighted by Crippen LogP contribution is 2.30. The van der Waals surface area contributed by atoms with Crippen molar-refractivity contribution in [3.63, 3.8) is 0 Å². The van der Waals surface area contributed by atoms with Gasteiger partial charge in [-0.25, -0.2) is 9.97 Å². The fourth-order valence-electron chi connectivity index (χ4n) is 3.45. The molecule has 4 aromatic rings. The van der Waals surface area contributed by atoms with Crippen LogP contribution in [0, 0.1) is 0 Å². The summed E-state index contributed by atoms with van der Waals surface area (Å²) in [5.74, 6) is 2.19. The lowest BCUT2D eigenvalue weighted by atomic mass is 10.2. The van der Waals surface area contributed by atoms with E-state index in [1.165, 1.54) is 13.3 Å². The van der Waals surface area contributed by atoms with Gasteiger partial charge >= 0.3 is 0 Å². The number of ether oxygens (including phenoxy) is 2. The van der Waals surface area contributed by atoms with Crippen molar-refractivity contribution in [2.75, 3.05) is 25.1 Å². The number of carbonyl (C=O) groups excluding carboxylic acids is 1. The van der Waals surface area contributed by atoms with Crippen molar-refractivity contribution in [1.82, 2.24) is 20.3 Å². The first kappa shape index (κ1) is 21.2. The summed E-state index contributed by atoms with van der Waals surface area (Å²) < 4.78 is 11.2. The van der Waals surface area contributed by atoms with Crippen LogP contribution >= 0.6 is 0 Å². The second-order valence-electron chi connectivity index (χ2n) is 7.21. The van der Waals surface area contributed by atoms with Crippen molar-refractivity contribution in [3.05, 3.63) is 72.7 Å². The van der Waals surface area contributed by atoms with E-state index >= 15 is 0 Å². The second-order valence-corrected chi connectivity index (χ2v) is 7.21. The standard InChI is InChI=1S/C24H25N5O3/c1-17(30)25-11-12-29(24-22-9-10-26-23(22)27-16-28-24)19-6-3-5-18(13-19)15-32-21-8-4-7-20(14-21)31-2/h3-10,13-14,16H,11-12,15H2,1-2H3,(H,25,30)(H,26,27,28). The van der Waals surface area contributed by atoms with E-state index in [0.717, 1.165) is 39.6 Å². The Morgan fingerprint density at radius 2 is 1.94 bits per heavy atom. The van der Waals surface area contributed by atoms with Crippen LogP contribution in [0.1, 0.15) is 12.5 Å². The van der Waals surface area contributed by atoms with Crippen LogP contribution in [0.3, 0.4) is 0 Å². The van der Waals surface area contributed by atoms with Crippen molar-refractivity contribution in [3.8, 4) is 11.5 Å². The van der Waals surface area contributed by atoms with Crippen LogP contribution in [0.25, 0.3) is 11.0 Å². The molecule has 2 heterocycles. The van der Waals surface area contributed by atoms with Gasteiger partial charge in [-0.2, -0.15) is 0 Å². The lowest BCUT2D eigenvalue weighted by Gasteiger charge is -2.25. The molecule has 0 saturated heterocycles. The van der Waals surface area contributed by atoms with Crippen molar-refractivity contribution in [1.29, 1.82) is 0 Å². The summed E-state index contributed by atoms with van der Waals surface area (Å²) >= 11 is 0. The number of nitrogens with zero attached hydrogens (tertiary/aromatic N) is 3. The molecular weight excluding hydrogens is 406 g/mol. The van der Waals surface area contributed by atoms with Crippen LogP contribution in [-0.2, 0) is 11.4 Å². The topological polar surface area (TPSA) is 92.4 Å². The van der Waals surface area contributed by atoms with Crippen LogP contribution in [-0.4, -0.2) is 41.1 Å². The average Bonchev–Trinajstić information content (AvgIpc) is 3.30. The monoisotopic (exact) mass is 431 g/mol. The number of aromatic nitrogens is 3. The third-order valence-corrected chi connectivity index (χ3v) is 4.97. The van der Waals surface area contributed by atoms with Crippen molar-refractivity contribution >= 4 is 28.4 Å². The highest BCUT2D eigenvalue weighted by atomic mass is 16.5. The fraction of sp³-hybridized carbons (Fsp3) is 0.208. The molecule has 2 aromatic heterocycles. The summed E-state index contributed by atoms with van der Waals surface area (Å²) in [5, 5.41) is 3.77. The number of methoxy groups -OCH3 is 1. The van der Waals surface area contributed by atoms with Gasteiger partial charge in [0.25, 0.3) is 0 Å². The van der Waals surface area contributed by atoms with E-state index < -0.39 is 0 Å². The van der Waals surface area contributed by atoms with Crippen LogP contribution < -0.4 is 19.7 Å². The number of benzene rings is 2. The van der Waals surface area contributed by atoms with Crippen LogP contribution in [0.4, 0.5) is 11.5 Å². The summed E-state index contributed by atoms with van der Waals surface area (Å²) in [6.07, 6.45) is 3.38. The van der Waals surface area contributed by atoms with Crippen molar-refractivity contribution < 1.29 is 14.3 Å². The Bertz CT molecular complexity index is 1210. The minimum Gasteiger partial charge on any atom is -0.497 e. The van der Waals surface area contributed by atoms with Gasteiger partial charge in [0.15, 0.2) is 0 Å². The Morgan fingerprint density at radius 3 is 2.78 bits per heavy atom. The number of anilines is 2. The molecule has 0 unspecified atom stereocenters. The molecule has 0 bridgehead atoms. The first-order chi connectivity index (χ1) is 15.6. The molecule has 0 spiro atoms. The number of hydrogen-bond donors (Lipinski definition) is 2. The SMILES string of the molecule is COc1cccc(OCc2cccc(N(CCNC(C)=O)c3ncnc4[nH]ccc34)c2)c1. The molecule has 0 saturated carbocycles. The van der Waals surface area contributed by atoms with Gasteiger partial charge in [-0.15, -0.1) is 0 Å². The number of amides is 1. The van der Waals surface area contributed by atoms with Gasteiger partial charge < -0.3 is 24.7 Å². The van der Waals surface area contributed by atoms with Gasteiger partial charge in [-0.3, -0.25) is 4.79 Å². The normalized spacial score (nSPS) is 10.7. The maximum atomic E-state index is 11.4. The fourth-order valence-corrected chi connectivity index (χ4v) is 3.45. The molecule has 32 heavy (non-hydrogen) atoms. The predicted octanol–water partition coefficient (Wildman–Crippen LogP) is 3.82. The maximum Gasteiger partial charge on any atom is 0.216 e. The molecule has 164 valence electrons. The van der Waals surface area contributed by atoms with E-state index in [-0.39, 0.29) is 5.91 Å². The number of fused-ring (bicyclic) bond motifs is 1. The smallest absolute Gasteiger partial charge is 0.216 e. The molecule has 0 fully saturated rings. The molecule has 0 aliphatic heterocycles. The van der Waals surface area contributed by atoms with Crippen molar-refractivity contribution in [2.45, 2.75) is 13.5 Å². The number of rotatable bonds is 9. The molecule has 0 aliphatic rings. The first-order valence-corrected chi connectivity index (χ1v) is 10.3. The van der Waals surface area contributed by atoms with E-state index in [0.29, 0.717) is 19.7 Å². The third kappa shape index (κ3) is 4.97. The van der Waals surface area contributed by atoms with Crippen LogP contribution in [0.5, 0.6) is 11.5 Å². The minimum absolute atomic E-state index is 0.0696. The Kier molecular flexibility index (Phi) is 6.50. The quantitative estimate of drug-likeness (QED) is 0.419. The van der Waals surface area contributed by atoms with Gasteiger partial charge in [0.1, 0.15) is 35.9 Å². The zero-order chi connectivity index (χ0) is 22.3. The molecule has 8 heteroatoms. The summed E-state index contributed by atoms with van der Waals surface area (Å²) in [5.41, 5.74) is 2.72. The predicted molar refractivity (Wildman–Crippen MR) is 123 cm³/mol. The number of carbonyl (C=O) groups is 1. The Balaban J connectivity index is 1.59. The Morgan fingerprint density at radius 1 is 1.09 bits per heavy atom.